The molecule has 0 aromatic heterocycles. The van der Waals surface area contributed by atoms with Crippen molar-refractivity contribution in [2.45, 2.75) is 50.6 Å². The minimum atomic E-state index is -0.210. The molecule has 1 aromatic rings. The summed E-state index contributed by atoms with van der Waals surface area (Å²) in [5.74, 6) is 0.391. The second-order valence-electron chi connectivity index (χ2n) is 6.03. The maximum Gasteiger partial charge on any atom is 0.146 e. The maximum atomic E-state index is 13.9. The first kappa shape index (κ1) is 14.2. The molecule has 110 valence electrons. The van der Waals surface area contributed by atoms with Gasteiger partial charge in [0.2, 0.25) is 0 Å². The van der Waals surface area contributed by atoms with Crippen molar-refractivity contribution in [1.29, 1.82) is 0 Å². The summed E-state index contributed by atoms with van der Waals surface area (Å²) >= 11 is 5.98. The van der Waals surface area contributed by atoms with Gasteiger partial charge >= 0.3 is 0 Å². The normalized spacial score (nSPS) is 30.4. The summed E-state index contributed by atoms with van der Waals surface area (Å²) in [4.78, 5) is 0. The Kier molecular flexibility index (Phi) is 4.47. The summed E-state index contributed by atoms with van der Waals surface area (Å²) in [6.45, 7) is 1.12. The molecule has 20 heavy (non-hydrogen) atoms. The van der Waals surface area contributed by atoms with Crippen LogP contribution >= 0.6 is 11.6 Å². The highest BCUT2D eigenvalue weighted by Crippen LogP contribution is 2.33. The highest BCUT2D eigenvalue weighted by atomic mass is 35.5. The number of hydrogen-bond acceptors (Lipinski definition) is 2. The van der Waals surface area contributed by atoms with Crippen LogP contribution in [0.2, 0.25) is 5.02 Å². The van der Waals surface area contributed by atoms with E-state index >= 15 is 0 Å². The minimum Gasteiger partial charge on any atom is -0.380 e. The van der Waals surface area contributed by atoms with E-state index in [9.17, 15) is 4.39 Å². The molecule has 2 N–H and O–H groups in total. The Hall–Kier alpha value is -0.800. The molecule has 1 aliphatic heterocycles. The zero-order valence-corrected chi connectivity index (χ0v) is 12.4. The van der Waals surface area contributed by atoms with Gasteiger partial charge in [-0.1, -0.05) is 24.4 Å². The van der Waals surface area contributed by atoms with Crippen LogP contribution in [0.4, 0.5) is 10.1 Å². The summed E-state index contributed by atoms with van der Waals surface area (Å²) < 4.78 is 13.9. The van der Waals surface area contributed by atoms with Gasteiger partial charge in [0.1, 0.15) is 5.82 Å². The smallest absolute Gasteiger partial charge is 0.146 e. The van der Waals surface area contributed by atoms with Gasteiger partial charge in [0.05, 0.1) is 5.69 Å². The Balaban J connectivity index is 1.74. The number of hydrogen-bond donors (Lipinski definition) is 2. The first-order chi connectivity index (χ1) is 9.74. The van der Waals surface area contributed by atoms with Gasteiger partial charge in [0.15, 0.2) is 0 Å². The molecule has 2 nitrogen and oxygen atoms in total. The topological polar surface area (TPSA) is 24.1 Å². The molecule has 0 radical (unpaired) electrons. The molecule has 3 unspecified atom stereocenters. The van der Waals surface area contributed by atoms with Crippen LogP contribution in [0.5, 0.6) is 0 Å². The number of halogens is 2. The Labute approximate surface area is 125 Å². The van der Waals surface area contributed by atoms with Crippen molar-refractivity contribution in [3.8, 4) is 0 Å². The van der Waals surface area contributed by atoms with Gasteiger partial charge in [-0.05, 0) is 56.3 Å². The van der Waals surface area contributed by atoms with Crippen LogP contribution < -0.4 is 10.6 Å². The van der Waals surface area contributed by atoms with Crippen molar-refractivity contribution >= 4 is 17.3 Å². The molecule has 3 atom stereocenters. The highest BCUT2D eigenvalue weighted by molar-refractivity contribution is 6.30. The van der Waals surface area contributed by atoms with E-state index in [-0.39, 0.29) is 5.82 Å². The van der Waals surface area contributed by atoms with Gasteiger partial charge < -0.3 is 10.6 Å². The third-order valence-corrected chi connectivity index (χ3v) is 4.94. The first-order valence-electron chi connectivity index (χ1n) is 7.69. The zero-order chi connectivity index (χ0) is 13.9. The Morgan fingerprint density at radius 1 is 1.15 bits per heavy atom. The van der Waals surface area contributed by atoms with Crippen molar-refractivity contribution in [3.05, 3.63) is 29.0 Å². The molecule has 1 aromatic carbocycles. The molecule has 0 spiro atoms. The van der Waals surface area contributed by atoms with Crippen molar-refractivity contribution in [1.82, 2.24) is 5.32 Å². The van der Waals surface area contributed by atoms with E-state index < -0.39 is 0 Å². The van der Waals surface area contributed by atoms with Gasteiger partial charge in [-0.15, -0.1) is 0 Å². The number of anilines is 1. The largest absolute Gasteiger partial charge is 0.380 e. The molecular weight excluding hydrogens is 275 g/mol. The van der Waals surface area contributed by atoms with E-state index in [1.54, 1.807) is 12.1 Å². The summed E-state index contributed by atoms with van der Waals surface area (Å²) in [6, 6.07) is 5.68. The Morgan fingerprint density at radius 3 is 2.80 bits per heavy atom. The van der Waals surface area contributed by atoms with Gasteiger partial charge in [-0.25, -0.2) is 4.39 Å². The minimum absolute atomic E-state index is 0.210. The molecule has 1 saturated carbocycles. The third-order valence-electron chi connectivity index (χ3n) is 4.70. The van der Waals surface area contributed by atoms with Gasteiger partial charge in [-0.2, -0.15) is 0 Å². The molecule has 1 heterocycles. The number of nitrogens with one attached hydrogen (secondary N) is 2. The standard InChI is InChI=1S/C16H22ClFN2/c17-11-7-8-13(18)16(10-11)20-15-5-2-1-4-12(15)14-6-3-9-19-14/h7-8,10,12,14-15,19-20H,1-6,9H2. The predicted molar refractivity (Wildman–Crippen MR) is 81.8 cm³/mol. The van der Waals surface area contributed by atoms with Crippen LogP contribution in [0.15, 0.2) is 18.2 Å². The Morgan fingerprint density at radius 2 is 2.00 bits per heavy atom. The third kappa shape index (κ3) is 3.09. The fraction of sp³-hybridized carbons (Fsp3) is 0.625. The van der Waals surface area contributed by atoms with Crippen LogP contribution in [0.1, 0.15) is 38.5 Å². The van der Waals surface area contributed by atoms with E-state index in [0.29, 0.717) is 28.7 Å². The predicted octanol–water partition coefficient (Wildman–Crippen LogP) is 4.20. The number of benzene rings is 1. The molecule has 0 amide bonds. The molecular formula is C16H22ClFN2. The average molecular weight is 297 g/mol. The van der Waals surface area contributed by atoms with Gasteiger partial charge in [-0.3, -0.25) is 0 Å². The molecule has 2 aliphatic rings. The van der Waals surface area contributed by atoms with E-state index in [0.717, 1.165) is 13.0 Å². The lowest BCUT2D eigenvalue weighted by molar-refractivity contribution is 0.262. The van der Waals surface area contributed by atoms with E-state index in [4.69, 9.17) is 11.6 Å². The van der Waals surface area contributed by atoms with Crippen LogP contribution in [0.25, 0.3) is 0 Å². The molecule has 0 bridgehead atoms. The Bertz CT molecular complexity index is 460. The van der Waals surface area contributed by atoms with Gasteiger partial charge in [0, 0.05) is 17.1 Å². The van der Waals surface area contributed by atoms with Crippen molar-refractivity contribution in [2.75, 3.05) is 11.9 Å². The first-order valence-corrected chi connectivity index (χ1v) is 8.07. The summed E-state index contributed by atoms with van der Waals surface area (Å²) in [5, 5.41) is 7.61. The maximum absolute atomic E-state index is 13.9. The second kappa shape index (κ2) is 6.31. The highest BCUT2D eigenvalue weighted by Gasteiger charge is 2.33. The summed E-state index contributed by atoms with van der Waals surface area (Å²) in [6.07, 6.45) is 7.38. The van der Waals surface area contributed by atoms with Crippen LogP contribution in [0, 0.1) is 11.7 Å². The van der Waals surface area contributed by atoms with E-state index in [1.165, 1.54) is 38.2 Å². The van der Waals surface area contributed by atoms with Gasteiger partial charge in [0.25, 0.3) is 0 Å². The molecule has 3 rings (SSSR count). The lowest BCUT2D eigenvalue weighted by atomic mass is 9.79. The fourth-order valence-corrected chi connectivity index (χ4v) is 3.88. The van der Waals surface area contributed by atoms with Crippen LogP contribution in [-0.2, 0) is 0 Å². The van der Waals surface area contributed by atoms with Crippen molar-refractivity contribution < 1.29 is 4.39 Å². The summed E-state index contributed by atoms with van der Waals surface area (Å²) in [5.41, 5.74) is 0.549. The van der Waals surface area contributed by atoms with Crippen LogP contribution in [-0.4, -0.2) is 18.6 Å². The average Bonchev–Trinajstić information content (AvgIpc) is 2.97. The van der Waals surface area contributed by atoms with E-state index in [1.807, 2.05) is 0 Å². The fourth-order valence-electron chi connectivity index (χ4n) is 3.71. The molecule has 1 saturated heterocycles. The van der Waals surface area contributed by atoms with Crippen LogP contribution in [0.3, 0.4) is 0 Å². The summed E-state index contributed by atoms with van der Waals surface area (Å²) in [7, 11) is 0. The molecule has 2 fully saturated rings. The molecule has 4 heteroatoms. The SMILES string of the molecule is Fc1ccc(Cl)cc1NC1CCCCC1C1CCCN1. The van der Waals surface area contributed by atoms with E-state index in [2.05, 4.69) is 10.6 Å². The molecule has 1 aliphatic carbocycles. The zero-order valence-electron chi connectivity index (χ0n) is 11.7. The second-order valence-corrected chi connectivity index (χ2v) is 6.46. The number of rotatable bonds is 3. The monoisotopic (exact) mass is 296 g/mol. The van der Waals surface area contributed by atoms with Crippen molar-refractivity contribution in [2.24, 2.45) is 5.92 Å². The lowest BCUT2D eigenvalue weighted by Crippen LogP contribution is -2.43. The lowest BCUT2D eigenvalue weighted by Gasteiger charge is -2.37. The van der Waals surface area contributed by atoms with Crippen molar-refractivity contribution in [3.63, 3.8) is 0 Å². The quantitative estimate of drug-likeness (QED) is 0.873.